The van der Waals surface area contributed by atoms with Crippen molar-refractivity contribution in [2.75, 3.05) is 51.3 Å². The molecule has 4 nitrogen and oxygen atoms in total. The molecule has 0 aliphatic carbocycles. The van der Waals surface area contributed by atoms with Crippen LogP contribution in [0.1, 0.15) is 24.8 Å². The normalized spacial score (nSPS) is 20.0. The van der Waals surface area contributed by atoms with E-state index in [0.717, 1.165) is 32.8 Å². The fourth-order valence-corrected chi connectivity index (χ4v) is 2.56. The van der Waals surface area contributed by atoms with Crippen molar-refractivity contribution in [2.24, 2.45) is 0 Å². The number of ether oxygens (including phenoxy) is 1. The molecule has 4 rings (SSSR count). The zero-order valence-electron chi connectivity index (χ0n) is 13.0. The third-order valence-electron chi connectivity index (χ3n) is 3.78. The molecule has 3 aliphatic rings. The van der Waals surface area contributed by atoms with Gasteiger partial charge >= 0.3 is 0 Å². The number of morpholine rings is 1. The first kappa shape index (κ1) is 16.3. The molecule has 0 radical (unpaired) electrons. The van der Waals surface area contributed by atoms with Gasteiger partial charge in [0.05, 0.1) is 13.2 Å². The monoisotopic (exact) mass is 291 g/mol. The molecule has 0 unspecified atom stereocenters. The number of hydrogen-bond donors (Lipinski definition) is 3. The molecule has 1 aromatic carbocycles. The molecule has 118 valence electrons. The zero-order chi connectivity index (χ0) is 14.6. The number of nitrogens with one attached hydrogen (secondary N) is 3. The van der Waals surface area contributed by atoms with Gasteiger partial charge in [0.15, 0.2) is 0 Å². The fourth-order valence-electron chi connectivity index (χ4n) is 2.56. The number of piperidine rings is 1. The third kappa shape index (κ3) is 6.93. The van der Waals surface area contributed by atoms with Crippen LogP contribution in [-0.4, -0.2) is 45.9 Å². The molecule has 2 saturated heterocycles. The lowest BCUT2D eigenvalue weighted by molar-refractivity contribution is 0.109. The van der Waals surface area contributed by atoms with E-state index in [1.807, 2.05) is 0 Å². The predicted octanol–water partition coefficient (Wildman–Crippen LogP) is 2.02. The fraction of sp³-hybridized carbons (Fsp3) is 0.647. The highest BCUT2D eigenvalue weighted by Crippen LogP contribution is 2.19. The summed E-state index contributed by atoms with van der Waals surface area (Å²) in [6, 6.07) is 8.46. The minimum Gasteiger partial charge on any atom is -0.384 e. The van der Waals surface area contributed by atoms with Crippen LogP contribution in [0, 0.1) is 0 Å². The van der Waals surface area contributed by atoms with Crippen LogP contribution in [0.5, 0.6) is 0 Å². The van der Waals surface area contributed by atoms with Crippen molar-refractivity contribution in [3.63, 3.8) is 0 Å². The first-order valence-corrected chi connectivity index (χ1v) is 8.28. The lowest BCUT2D eigenvalue weighted by Gasteiger charge is -2.10. The van der Waals surface area contributed by atoms with Crippen LogP contribution < -0.4 is 16.0 Å². The van der Waals surface area contributed by atoms with E-state index in [2.05, 4.69) is 40.2 Å². The Balaban J connectivity index is 0.000000120. The summed E-state index contributed by atoms with van der Waals surface area (Å²) in [6.07, 6.45) is 5.41. The van der Waals surface area contributed by atoms with Crippen LogP contribution >= 0.6 is 0 Å². The zero-order valence-corrected chi connectivity index (χ0v) is 13.0. The largest absolute Gasteiger partial charge is 0.384 e. The van der Waals surface area contributed by atoms with E-state index in [4.69, 9.17) is 4.74 Å². The predicted molar refractivity (Wildman–Crippen MR) is 89.0 cm³/mol. The third-order valence-corrected chi connectivity index (χ3v) is 3.78. The van der Waals surface area contributed by atoms with Crippen LogP contribution in [0.4, 0.5) is 5.69 Å². The van der Waals surface area contributed by atoms with Crippen molar-refractivity contribution >= 4 is 5.69 Å². The molecule has 0 amide bonds. The Morgan fingerprint density at radius 1 is 0.762 bits per heavy atom. The molecule has 1 aromatic rings. The van der Waals surface area contributed by atoms with E-state index in [1.165, 1.54) is 50.0 Å². The lowest BCUT2D eigenvalue weighted by Crippen LogP contribution is -2.30. The van der Waals surface area contributed by atoms with Crippen LogP contribution in [0.2, 0.25) is 0 Å². The summed E-state index contributed by atoms with van der Waals surface area (Å²) in [7, 11) is 0. The van der Waals surface area contributed by atoms with Crippen molar-refractivity contribution in [1.29, 1.82) is 0 Å². The highest BCUT2D eigenvalue weighted by Gasteiger charge is 2.05. The quantitative estimate of drug-likeness (QED) is 0.684. The molecule has 0 atom stereocenters. The Morgan fingerprint density at radius 2 is 1.48 bits per heavy atom. The van der Waals surface area contributed by atoms with E-state index in [1.54, 1.807) is 0 Å². The second-order valence-electron chi connectivity index (χ2n) is 5.51. The minimum absolute atomic E-state index is 0.889. The van der Waals surface area contributed by atoms with Crippen LogP contribution in [0.25, 0.3) is 0 Å². The topological polar surface area (TPSA) is 45.3 Å². The molecule has 21 heavy (non-hydrogen) atoms. The van der Waals surface area contributed by atoms with E-state index >= 15 is 0 Å². The number of para-hydroxylation sites is 1. The SMILES string of the molecule is C1CCNCC1.C1COCCN1.c1ccc2c(c1)CCN2. The molecule has 3 N–H and O–H groups in total. The van der Waals surface area contributed by atoms with Gasteiger partial charge in [-0.15, -0.1) is 0 Å². The lowest BCUT2D eigenvalue weighted by atomic mass is 10.2. The molecule has 3 heterocycles. The molecular formula is C17H29N3O. The second kappa shape index (κ2) is 10.6. The smallest absolute Gasteiger partial charge is 0.0591 e. The first-order valence-electron chi connectivity index (χ1n) is 8.28. The van der Waals surface area contributed by atoms with Crippen molar-refractivity contribution in [2.45, 2.75) is 25.7 Å². The van der Waals surface area contributed by atoms with Gasteiger partial charge in [-0.3, -0.25) is 0 Å². The molecule has 0 aromatic heterocycles. The summed E-state index contributed by atoms with van der Waals surface area (Å²) in [4.78, 5) is 0. The number of fused-ring (bicyclic) bond motifs is 1. The van der Waals surface area contributed by atoms with Gasteiger partial charge in [-0.1, -0.05) is 24.6 Å². The summed E-state index contributed by atoms with van der Waals surface area (Å²) in [5.41, 5.74) is 2.77. The van der Waals surface area contributed by atoms with Gasteiger partial charge in [0.25, 0.3) is 0 Å². The van der Waals surface area contributed by atoms with Gasteiger partial charge in [0.1, 0.15) is 0 Å². The van der Waals surface area contributed by atoms with Gasteiger partial charge < -0.3 is 20.7 Å². The molecule has 0 saturated carbocycles. The summed E-state index contributed by atoms with van der Waals surface area (Å²) >= 11 is 0. The molecule has 0 spiro atoms. The van der Waals surface area contributed by atoms with E-state index in [0.29, 0.717) is 0 Å². The van der Waals surface area contributed by atoms with Gasteiger partial charge in [-0.2, -0.15) is 0 Å². The average molecular weight is 291 g/mol. The van der Waals surface area contributed by atoms with Gasteiger partial charge in [0.2, 0.25) is 0 Å². The van der Waals surface area contributed by atoms with Crippen molar-refractivity contribution in [3.05, 3.63) is 29.8 Å². The van der Waals surface area contributed by atoms with Crippen LogP contribution in [-0.2, 0) is 11.2 Å². The summed E-state index contributed by atoms with van der Waals surface area (Å²) in [5.74, 6) is 0. The van der Waals surface area contributed by atoms with Gasteiger partial charge in [-0.25, -0.2) is 0 Å². The highest BCUT2D eigenvalue weighted by atomic mass is 16.5. The average Bonchev–Trinajstić information content (AvgIpc) is 3.08. The Hall–Kier alpha value is -1.10. The number of anilines is 1. The second-order valence-corrected chi connectivity index (χ2v) is 5.51. The molecule has 0 bridgehead atoms. The van der Waals surface area contributed by atoms with Crippen molar-refractivity contribution < 1.29 is 4.74 Å². The Bertz CT molecular complexity index is 318. The first-order chi connectivity index (χ1) is 10.5. The van der Waals surface area contributed by atoms with Gasteiger partial charge in [0, 0.05) is 25.3 Å². The van der Waals surface area contributed by atoms with Crippen molar-refractivity contribution in [1.82, 2.24) is 10.6 Å². The summed E-state index contributed by atoms with van der Waals surface area (Å²) in [6.45, 7) is 7.44. The van der Waals surface area contributed by atoms with Gasteiger partial charge in [-0.05, 0) is 44.0 Å². The van der Waals surface area contributed by atoms with E-state index in [-0.39, 0.29) is 0 Å². The number of hydrogen-bond acceptors (Lipinski definition) is 4. The minimum atomic E-state index is 0.889. The summed E-state index contributed by atoms with van der Waals surface area (Å²) < 4.78 is 5.01. The van der Waals surface area contributed by atoms with E-state index < -0.39 is 0 Å². The maximum absolute atomic E-state index is 5.01. The highest BCUT2D eigenvalue weighted by molar-refractivity contribution is 5.54. The molecular weight excluding hydrogens is 262 g/mol. The Kier molecular flexibility index (Phi) is 8.22. The Morgan fingerprint density at radius 3 is 1.95 bits per heavy atom. The van der Waals surface area contributed by atoms with Crippen molar-refractivity contribution in [3.8, 4) is 0 Å². The molecule has 2 fully saturated rings. The maximum atomic E-state index is 5.01. The van der Waals surface area contributed by atoms with Crippen LogP contribution in [0.15, 0.2) is 24.3 Å². The summed E-state index contributed by atoms with van der Waals surface area (Å²) in [5, 5.41) is 9.74. The standard InChI is InChI=1S/C8H9N.C5H11N.C4H9NO/c1-2-4-8-7(3-1)5-6-9-8;1-2-4-6-5-3-1;1-3-6-4-2-5-1/h1-4,9H,5-6H2;6H,1-5H2;5H,1-4H2. The maximum Gasteiger partial charge on any atom is 0.0591 e. The molecule has 3 aliphatic heterocycles. The number of rotatable bonds is 0. The molecule has 4 heteroatoms. The van der Waals surface area contributed by atoms with Crippen LogP contribution in [0.3, 0.4) is 0 Å². The number of benzene rings is 1. The van der Waals surface area contributed by atoms with E-state index in [9.17, 15) is 0 Å². The Labute approximate surface area is 128 Å².